The highest BCUT2D eigenvalue weighted by molar-refractivity contribution is 14.1. The quantitative estimate of drug-likeness (QED) is 0.604. The number of carbonyl (C=O) groups is 2. The van der Waals surface area contributed by atoms with Gasteiger partial charge in [-0.1, -0.05) is 6.08 Å². The molecule has 5 nitrogen and oxygen atoms in total. The first-order valence-electron chi connectivity index (χ1n) is 4.71. The standard InChI is InChI=1S/C11H10INO4/c12-17-11(16)6-5-10(15)13-8-3-1-2-4-9(14)7-8/h1,3-7,14H,2H2,(H,13,15)/b6-5-. The molecule has 0 aromatic heterocycles. The van der Waals surface area contributed by atoms with E-state index in [1.807, 2.05) is 0 Å². The minimum Gasteiger partial charge on any atom is -0.508 e. The van der Waals surface area contributed by atoms with Gasteiger partial charge in [-0.05, 0) is 18.6 Å². The van der Waals surface area contributed by atoms with Crippen molar-refractivity contribution in [3.8, 4) is 0 Å². The average Bonchev–Trinajstić information content (AvgIpc) is 2.50. The molecule has 6 heteroatoms. The van der Waals surface area contributed by atoms with E-state index < -0.39 is 11.9 Å². The number of allylic oxidation sites excluding steroid dienone is 4. The summed E-state index contributed by atoms with van der Waals surface area (Å²) in [6.45, 7) is 0. The van der Waals surface area contributed by atoms with Crippen molar-refractivity contribution in [2.75, 3.05) is 0 Å². The molecule has 0 saturated heterocycles. The van der Waals surface area contributed by atoms with Crippen LogP contribution in [0.2, 0.25) is 0 Å². The van der Waals surface area contributed by atoms with E-state index in [1.54, 1.807) is 18.2 Å². The summed E-state index contributed by atoms with van der Waals surface area (Å²) in [7, 11) is 0. The van der Waals surface area contributed by atoms with Crippen molar-refractivity contribution in [1.82, 2.24) is 5.32 Å². The lowest BCUT2D eigenvalue weighted by molar-refractivity contribution is -0.126. The van der Waals surface area contributed by atoms with E-state index in [9.17, 15) is 14.7 Å². The maximum Gasteiger partial charge on any atom is 0.340 e. The SMILES string of the molecule is O=C(/C=C\C(=O)OI)NC1=CC(O)=CCC=C1. The van der Waals surface area contributed by atoms with Crippen molar-refractivity contribution in [2.24, 2.45) is 0 Å². The van der Waals surface area contributed by atoms with Crippen LogP contribution in [-0.4, -0.2) is 17.0 Å². The van der Waals surface area contributed by atoms with Gasteiger partial charge in [0.2, 0.25) is 5.91 Å². The molecule has 90 valence electrons. The third-order valence-electron chi connectivity index (χ3n) is 1.78. The Bertz CT molecular complexity index is 435. The summed E-state index contributed by atoms with van der Waals surface area (Å²) in [4.78, 5) is 22.1. The third-order valence-corrected chi connectivity index (χ3v) is 2.21. The third kappa shape index (κ3) is 5.34. The van der Waals surface area contributed by atoms with Gasteiger partial charge in [0.25, 0.3) is 0 Å². The first-order valence-corrected chi connectivity index (χ1v) is 5.59. The van der Waals surface area contributed by atoms with Crippen molar-refractivity contribution in [1.29, 1.82) is 0 Å². The number of carbonyl (C=O) groups excluding carboxylic acids is 2. The van der Waals surface area contributed by atoms with Gasteiger partial charge in [0.15, 0.2) is 23.0 Å². The topological polar surface area (TPSA) is 75.6 Å². The Labute approximate surface area is 112 Å². The van der Waals surface area contributed by atoms with Crippen LogP contribution in [0.1, 0.15) is 6.42 Å². The van der Waals surface area contributed by atoms with Gasteiger partial charge in [0.05, 0.1) is 0 Å². The zero-order valence-electron chi connectivity index (χ0n) is 8.72. The van der Waals surface area contributed by atoms with Gasteiger partial charge in [-0.15, -0.1) is 0 Å². The van der Waals surface area contributed by atoms with E-state index in [4.69, 9.17) is 0 Å². The van der Waals surface area contributed by atoms with Gasteiger partial charge in [-0.2, -0.15) is 0 Å². The minimum absolute atomic E-state index is 0.0842. The van der Waals surface area contributed by atoms with E-state index in [-0.39, 0.29) is 5.76 Å². The molecule has 0 aromatic rings. The molecule has 0 heterocycles. The lowest BCUT2D eigenvalue weighted by Gasteiger charge is -2.01. The predicted octanol–water partition coefficient (Wildman–Crippen LogP) is 1.84. The molecule has 2 N–H and O–H groups in total. The van der Waals surface area contributed by atoms with E-state index >= 15 is 0 Å². The molecular formula is C11H10INO4. The first kappa shape index (κ1) is 13.5. The number of hydrogen-bond donors (Lipinski definition) is 2. The number of aliphatic hydroxyl groups is 1. The van der Waals surface area contributed by atoms with E-state index in [2.05, 4.69) is 8.38 Å². The fraction of sp³-hybridized carbons (Fsp3) is 0.0909. The molecule has 0 spiro atoms. The Morgan fingerprint density at radius 1 is 1.47 bits per heavy atom. The van der Waals surface area contributed by atoms with Gasteiger partial charge >= 0.3 is 5.97 Å². The summed E-state index contributed by atoms with van der Waals surface area (Å²) in [6, 6.07) is 0. The largest absolute Gasteiger partial charge is 0.508 e. The van der Waals surface area contributed by atoms with Gasteiger partial charge < -0.3 is 13.5 Å². The average molecular weight is 347 g/mol. The fourth-order valence-electron chi connectivity index (χ4n) is 1.08. The second-order valence-electron chi connectivity index (χ2n) is 3.09. The zero-order valence-corrected chi connectivity index (χ0v) is 10.9. The molecule has 0 unspecified atom stereocenters. The van der Waals surface area contributed by atoms with Crippen molar-refractivity contribution in [3.05, 3.63) is 47.9 Å². The van der Waals surface area contributed by atoms with E-state index in [1.165, 1.54) is 29.1 Å². The van der Waals surface area contributed by atoms with Crippen molar-refractivity contribution < 1.29 is 17.8 Å². The van der Waals surface area contributed by atoms with Gasteiger partial charge in [-0.3, -0.25) is 4.79 Å². The fourth-order valence-corrected chi connectivity index (χ4v) is 1.23. The number of hydrogen-bond acceptors (Lipinski definition) is 4. The van der Waals surface area contributed by atoms with Crippen LogP contribution in [0.25, 0.3) is 0 Å². The van der Waals surface area contributed by atoms with Gasteiger partial charge in [0, 0.05) is 23.9 Å². The highest BCUT2D eigenvalue weighted by atomic mass is 127. The monoisotopic (exact) mass is 347 g/mol. The number of amides is 1. The molecule has 0 aliphatic heterocycles. The molecular weight excluding hydrogens is 337 g/mol. The Morgan fingerprint density at radius 3 is 2.94 bits per heavy atom. The number of rotatable bonds is 3. The zero-order chi connectivity index (χ0) is 12.7. The molecule has 1 rings (SSSR count). The van der Waals surface area contributed by atoms with Crippen LogP contribution in [0.3, 0.4) is 0 Å². The molecule has 1 aliphatic rings. The molecule has 1 amide bonds. The van der Waals surface area contributed by atoms with Crippen LogP contribution >= 0.6 is 23.0 Å². The summed E-state index contributed by atoms with van der Waals surface area (Å²) < 4.78 is 4.31. The Balaban J connectivity index is 2.60. The van der Waals surface area contributed by atoms with Crippen LogP contribution in [0.5, 0.6) is 0 Å². The molecule has 0 aromatic carbocycles. The first-order chi connectivity index (χ1) is 8.11. The van der Waals surface area contributed by atoms with Crippen LogP contribution in [0.4, 0.5) is 0 Å². The highest BCUT2D eigenvalue weighted by Gasteiger charge is 2.02. The Morgan fingerprint density at radius 2 is 2.24 bits per heavy atom. The van der Waals surface area contributed by atoms with Crippen molar-refractivity contribution >= 4 is 34.9 Å². The summed E-state index contributed by atoms with van der Waals surface area (Å²) in [5.41, 5.74) is 0.453. The normalized spacial score (nSPS) is 14.9. The Kier molecular flexibility index (Phi) is 5.47. The molecule has 0 fully saturated rings. The number of aliphatic hydroxyl groups excluding tert-OH is 1. The van der Waals surface area contributed by atoms with Gasteiger partial charge in [-0.25, -0.2) is 4.79 Å². The predicted molar refractivity (Wildman–Crippen MR) is 69.9 cm³/mol. The van der Waals surface area contributed by atoms with Crippen LogP contribution in [-0.2, 0) is 12.7 Å². The van der Waals surface area contributed by atoms with Gasteiger partial charge in [0.1, 0.15) is 5.76 Å². The molecule has 0 saturated carbocycles. The van der Waals surface area contributed by atoms with Crippen LogP contribution in [0.15, 0.2) is 47.9 Å². The maximum atomic E-state index is 11.4. The molecule has 1 aliphatic carbocycles. The van der Waals surface area contributed by atoms with Crippen molar-refractivity contribution in [2.45, 2.75) is 6.42 Å². The summed E-state index contributed by atoms with van der Waals surface area (Å²) in [6.07, 6.45) is 9.16. The molecule has 17 heavy (non-hydrogen) atoms. The Hall–Kier alpha value is -1.57. The van der Waals surface area contributed by atoms with Crippen LogP contribution < -0.4 is 5.32 Å². The second-order valence-corrected chi connectivity index (χ2v) is 3.53. The number of nitrogens with one attached hydrogen (secondary N) is 1. The highest BCUT2D eigenvalue weighted by Crippen LogP contribution is 2.06. The molecule has 0 atom stereocenters. The lowest BCUT2D eigenvalue weighted by Crippen LogP contribution is -2.19. The summed E-state index contributed by atoms with van der Waals surface area (Å²) in [5.74, 6) is -1.01. The minimum atomic E-state index is -0.617. The van der Waals surface area contributed by atoms with Crippen LogP contribution in [0, 0.1) is 0 Å². The lowest BCUT2D eigenvalue weighted by atomic mass is 10.3. The number of halogens is 1. The summed E-state index contributed by atoms with van der Waals surface area (Å²) in [5, 5.41) is 11.8. The van der Waals surface area contributed by atoms with Crippen molar-refractivity contribution in [3.63, 3.8) is 0 Å². The van der Waals surface area contributed by atoms with E-state index in [0.717, 1.165) is 12.2 Å². The molecule has 0 radical (unpaired) electrons. The summed E-state index contributed by atoms with van der Waals surface area (Å²) >= 11 is 1.43. The van der Waals surface area contributed by atoms with E-state index in [0.29, 0.717) is 12.1 Å². The smallest absolute Gasteiger partial charge is 0.340 e. The second kappa shape index (κ2) is 6.89. The molecule has 0 bridgehead atoms. The maximum absolute atomic E-state index is 11.4.